The van der Waals surface area contributed by atoms with E-state index in [9.17, 15) is 4.79 Å². The first-order chi connectivity index (χ1) is 8.54. The van der Waals surface area contributed by atoms with Crippen LogP contribution < -0.4 is 0 Å². The molecular weight excluding hydrogens is 292 g/mol. The molecule has 0 N–H and O–H groups in total. The van der Waals surface area contributed by atoms with Crippen molar-refractivity contribution in [3.8, 4) is 0 Å². The minimum absolute atomic E-state index is 0.255. The van der Waals surface area contributed by atoms with Crippen molar-refractivity contribution in [1.29, 1.82) is 0 Å². The van der Waals surface area contributed by atoms with E-state index in [4.69, 9.17) is 0 Å². The lowest BCUT2D eigenvalue weighted by atomic mass is 9.88. The molecular formula is C14H19BrN2O. The standard InChI is InChI=1S/C14H19BrN2O/c1-17(2)14(7-3-4-8-14)13(18)9-12-6-5-11(15)10-16-12/h5-6,10H,3-4,7-9H2,1-2H3. The number of aromatic nitrogens is 1. The highest BCUT2D eigenvalue weighted by molar-refractivity contribution is 9.10. The Morgan fingerprint density at radius 2 is 2.06 bits per heavy atom. The molecule has 0 spiro atoms. The fourth-order valence-electron chi connectivity index (χ4n) is 2.78. The van der Waals surface area contributed by atoms with Gasteiger partial charge >= 0.3 is 0 Å². The first kappa shape index (κ1) is 13.7. The molecule has 1 aromatic rings. The van der Waals surface area contributed by atoms with E-state index >= 15 is 0 Å². The maximum absolute atomic E-state index is 12.6. The van der Waals surface area contributed by atoms with Gasteiger partial charge in [0.15, 0.2) is 5.78 Å². The number of halogens is 1. The molecule has 3 nitrogen and oxygen atoms in total. The molecule has 0 unspecified atom stereocenters. The third-order valence-electron chi connectivity index (χ3n) is 3.94. The second-order valence-corrected chi connectivity index (χ2v) is 6.12. The Balaban J connectivity index is 2.13. The SMILES string of the molecule is CN(C)C1(C(=O)Cc2ccc(Br)cn2)CCCC1. The van der Waals surface area contributed by atoms with Crippen molar-refractivity contribution in [3.05, 3.63) is 28.5 Å². The molecule has 1 saturated carbocycles. The molecule has 1 fully saturated rings. The molecule has 4 heteroatoms. The average Bonchev–Trinajstić information content (AvgIpc) is 2.82. The zero-order valence-corrected chi connectivity index (χ0v) is 12.5. The van der Waals surface area contributed by atoms with Crippen LogP contribution in [0.25, 0.3) is 0 Å². The number of Topliss-reactive ketones (excluding diaryl/α,β-unsaturated/α-hetero) is 1. The van der Waals surface area contributed by atoms with Crippen LogP contribution in [0.4, 0.5) is 0 Å². The first-order valence-corrected chi connectivity index (χ1v) is 7.15. The lowest BCUT2D eigenvalue weighted by Crippen LogP contribution is -2.49. The maximum Gasteiger partial charge on any atom is 0.158 e. The molecule has 98 valence electrons. The van der Waals surface area contributed by atoms with Gasteiger partial charge in [0.1, 0.15) is 0 Å². The van der Waals surface area contributed by atoms with Gasteiger partial charge in [0.2, 0.25) is 0 Å². The molecule has 1 aliphatic carbocycles. The summed E-state index contributed by atoms with van der Waals surface area (Å²) < 4.78 is 0.946. The van der Waals surface area contributed by atoms with E-state index in [1.807, 2.05) is 26.2 Å². The van der Waals surface area contributed by atoms with E-state index < -0.39 is 0 Å². The maximum atomic E-state index is 12.6. The van der Waals surface area contributed by atoms with Gasteiger partial charge in [-0.1, -0.05) is 12.8 Å². The zero-order chi connectivity index (χ0) is 13.2. The van der Waals surface area contributed by atoms with Crippen molar-refractivity contribution < 1.29 is 4.79 Å². The number of pyridine rings is 1. The molecule has 1 heterocycles. The molecule has 0 saturated heterocycles. The fourth-order valence-corrected chi connectivity index (χ4v) is 3.01. The summed E-state index contributed by atoms with van der Waals surface area (Å²) in [4.78, 5) is 19.0. The van der Waals surface area contributed by atoms with Crippen molar-refractivity contribution in [1.82, 2.24) is 9.88 Å². The van der Waals surface area contributed by atoms with Crippen LogP contribution in [0.3, 0.4) is 0 Å². The predicted octanol–water partition coefficient (Wildman–Crippen LogP) is 2.83. The molecule has 0 atom stereocenters. The van der Waals surface area contributed by atoms with Gasteiger partial charge in [-0.3, -0.25) is 14.7 Å². The Bertz CT molecular complexity index is 422. The number of rotatable bonds is 4. The Morgan fingerprint density at radius 1 is 1.39 bits per heavy atom. The lowest BCUT2D eigenvalue weighted by Gasteiger charge is -2.34. The third-order valence-corrected chi connectivity index (χ3v) is 4.41. The molecule has 0 amide bonds. The topological polar surface area (TPSA) is 33.2 Å². The summed E-state index contributed by atoms with van der Waals surface area (Å²) in [7, 11) is 4.02. The lowest BCUT2D eigenvalue weighted by molar-refractivity contribution is -0.128. The van der Waals surface area contributed by atoms with Crippen LogP contribution in [0, 0.1) is 0 Å². The van der Waals surface area contributed by atoms with Crippen LogP contribution in [-0.2, 0) is 11.2 Å². The molecule has 18 heavy (non-hydrogen) atoms. The summed E-state index contributed by atoms with van der Waals surface area (Å²) in [6.45, 7) is 0. The van der Waals surface area contributed by atoms with E-state index in [2.05, 4.69) is 25.8 Å². The van der Waals surface area contributed by atoms with Crippen molar-refractivity contribution in [2.45, 2.75) is 37.6 Å². The van der Waals surface area contributed by atoms with Crippen molar-refractivity contribution in [2.24, 2.45) is 0 Å². The monoisotopic (exact) mass is 310 g/mol. The molecule has 0 aliphatic heterocycles. The van der Waals surface area contributed by atoms with Gasteiger partial charge in [0.05, 0.1) is 12.0 Å². The molecule has 2 rings (SSSR count). The van der Waals surface area contributed by atoms with Gasteiger partial charge in [-0.05, 0) is 55.0 Å². The third kappa shape index (κ3) is 2.64. The molecule has 1 aromatic heterocycles. The van der Waals surface area contributed by atoms with Gasteiger partial charge < -0.3 is 0 Å². The fraction of sp³-hybridized carbons (Fsp3) is 0.571. The second-order valence-electron chi connectivity index (χ2n) is 5.20. The average molecular weight is 311 g/mol. The number of carbonyl (C=O) groups excluding carboxylic acids is 1. The smallest absolute Gasteiger partial charge is 0.158 e. The number of carbonyl (C=O) groups is 1. The van der Waals surface area contributed by atoms with Crippen LogP contribution in [0.1, 0.15) is 31.4 Å². The van der Waals surface area contributed by atoms with Crippen LogP contribution in [0.2, 0.25) is 0 Å². The van der Waals surface area contributed by atoms with Gasteiger partial charge in [0, 0.05) is 16.4 Å². The molecule has 0 radical (unpaired) electrons. The van der Waals surface area contributed by atoms with Crippen molar-refractivity contribution in [3.63, 3.8) is 0 Å². The summed E-state index contributed by atoms with van der Waals surface area (Å²) in [5.74, 6) is 0.305. The first-order valence-electron chi connectivity index (χ1n) is 6.36. The Labute approximate surface area is 117 Å². The van der Waals surface area contributed by atoms with Gasteiger partial charge in [-0.15, -0.1) is 0 Å². The highest BCUT2D eigenvalue weighted by atomic mass is 79.9. The van der Waals surface area contributed by atoms with Crippen LogP contribution in [-0.4, -0.2) is 35.3 Å². The highest BCUT2D eigenvalue weighted by Crippen LogP contribution is 2.35. The van der Waals surface area contributed by atoms with Gasteiger partial charge in [-0.25, -0.2) is 0 Å². The quantitative estimate of drug-likeness (QED) is 0.857. The van der Waals surface area contributed by atoms with E-state index in [-0.39, 0.29) is 5.54 Å². The van der Waals surface area contributed by atoms with Crippen LogP contribution in [0.15, 0.2) is 22.8 Å². The van der Waals surface area contributed by atoms with E-state index in [0.717, 1.165) is 35.8 Å². The summed E-state index contributed by atoms with van der Waals surface area (Å²) in [5, 5.41) is 0. The van der Waals surface area contributed by atoms with Gasteiger partial charge in [-0.2, -0.15) is 0 Å². The number of hydrogen-bond donors (Lipinski definition) is 0. The summed E-state index contributed by atoms with van der Waals surface area (Å²) >= 11 is 3.36. The minimum atomic E-state index is -0.255. The number of likely N-dealkylation sites (N-methyl/N-ethyl adjacent to an activating group) is 1. The van der Waals surface area contributed by atoms with E-state index in [1.54, 1.807) is 6.20 Å². The minimum Gasteiger partial charge on any atom is -0.297 e. The second kappa shape index (κ2) is 5.49. The zero-order valence-electron chi connectivity index (χ0n) is 10.9. The Morgan fingerprint density at radius 3 is 2.56 bits per heavy atom. The van der Waals surface area contributed by atoms with Crippen LogP contribution >= 0.6 is 15.9 Å². The highest BCUT2D eigenvalue weighted by Gasteiger charge is 2.42. The normalized spacial score (nSPS) is 18.2. The number of hydrogen-bond acceptors (Lipinski definition) is 3. The van der Waals surface area contributed by atoms with Crippen LogP contribution in [0.5, 0.6) is 0 Å². The number of nitrogens with zero attached hydrogens (tertiary/aromatic N) is 2. The summed E-state index contributed by atoms with van der Waals surface area (Å²) in [5.41, 5.74) is 0.603. The molecule has 0 bridgehead atoms. The van der Waals surface area contributed by atoms with Gasteiger partial charge in [0.25, 0.3) is 0 Å². The number of ketones is 1. The van der Waals surface area contributed by atoms with E-state index in [1.165, 1.54) is 0 Å². The summed E-state index contributed by atoms with van der Waals surface area (Å²) in [6.07, 6.45) is 6.45. The molecule has 0 aromatic carbocycles. The largest absolute Gasteiger partial charge is 0.297 e. The predicted molar refractivity (Wildman–Crippen MR) is 75.5 cm³/mol. The molecule has 1 aliphatic rings. The Kier molecular flexibility index (Phi) is 4.17. The van der Waals surface area contributed by atoms with Crippen molar-refractivity contribution >= 4 is 21.7 Å². The van der Waals surface area contributed by atoms with Crippen molar-refractivity contribution in [2.75, 3.05) is 14.1 Å². The summed E-state index contributed by atoms with van der Waals surface area (Å²) in [6, 6.07) is 3.85. The Hall–Kier alpha value is -0.740. The van der Waals surface area contributed by atoms with E-state index in [0.29, 0.717) is 12.2 Å².